The molecule has 0 spiro atoms. The lowest BCUT2D eigenvalue weighted by Gasteiger charge is -2.19. The second kappa shape index (κ2) is 8.08. The Bertz CT molecular complexity index is 644. The number of ether oxygens (including phenoxy) is 2. The number of hydrogen-bond donors (Lipinski definition) is 2. The quantitative estimate of drug-likeness (QED) is 0.785. The molecule has 0 aliphatic heterocycles. The third-order valence-corrected chi connectivity index (χ3v) is 3.27. The number of nitrogens with one attached hydrogen (secondary N) is 1. The van der Waals surface area contributed by atoms with E-state index in [1.807, 2.05) is 62.4 Å². The van der Waals surface area contributed by atoms with Crippen LogP contribution in [0.25, 0.3) is 0 Å². The second-order valence-corrected chi connectivity index (χ2v) is 4.92. The zero-order chi connectivity index (χ0) is 16.7. The van der Waals surface area contributed by atoms with Crippen molar-refractivity contribution >= 4 is 11.6 Å². The monoisotopic (exact) mass is 314 g/mol. The van der Waals surface area contributed by atoms with Crippen LogP contribution >= 0.6 is 0 Å². The van der Waals surface area contributed by atoms with Crippen molar-refractivity contribution in [2.75, 3.05) is 18.5 Å². The number of carbonyl (C=O) groups is 1. The molecule has 0 saturated heterocycles. The van der Waals surface area contributed by atoms with Crippen molar-refractivity contribution in [3.63, 3.8) is 0 Å². The molecule has 5 nitrogen and oxygen atoms in total. The van der Waals surface area contributed by atoms with Crippen molar-refractivity contribution in [1.29, 1.82) is 0 Å². The van der Waals surface area contributed by atoms with Gasteiger partial charge in [0.25, 0.3) is 0 Å². The fourth-order valence-corrected chi connectivity index (χ4v) is 2.27. The zero-order valence-electron chi connectivity index (χ0n) is 13.4. The molecule has 5 heteroatoms. The van der Waals surface area contributed by atoms with E-state index in [2.05, 4.69) is 5.32 Å². The lowest BCUT2D eigenvalue weighted by molar-refractivity contribution is -0.118. The van der Waals surface area contributed by atoms with E-state index in [1.54, 1.807) is 0 Å². The number of nitrogens with two attached hydrogens (primary N) is 1. The number of hydrogen-bond acceptors (Lipinski definition) is 4. The van der Waals surface area contributed by atoms with E-state index >= 15 is 0 Å². The summed E-state index contributed by atoms with van der Waals surface area (Å²) >= 11 is 0. The lowest BCUT2D eigenvalue weighted by atomic mass is 10.1. The van der Waals surface area contributed by atoms with E-state index in [0.29, 0.717) is 24.7 Å². The summed E-state index contributed by atoms with van der Waals surface area (Å²) < 4.78 is 11.1. The van der Waals surface area contributed by atoms with Gasteiger partial charge in [-0.05, 0) is 31.5 Å². The van der Waals surface area contributed by atoms with Gasteiger partial charge in [0.15, 0.2) is 11.5 Å². The van der Waals surface area contributed by atoms with Crippen LogP contribution in [-0.4, -0.2) is 19.1 Å². The molecule has 0 aliphatic rings. The largest absolute Gasteiger partial charge is 0.490 e. The minimum Gasteiger partial charge on any atom is -0.490 e. The lowest BCUT2D eigenvalue weighted by Crippen LogP contribution is -2.27. The molecule has 122 valence electrons. The highest BCUT2D eigenvalue weighted by Crippen LogP contribution is 2.32. The molecule has 3 N–H and O–H groups in total. The van der Waals surface area contributed by atoms with Crippen molar-refractivity contribution < 1.29 is 14.3 Å². The van der Waals surface area contributed by atoms with Crippen LogP contribution in [0.15, 0.2) is 48.5 Å². The fraction of sp³-hybridized carbons (Fsp3) is 0.278. The van der Waals surface area contributed by atoms with Crippen molar-refractivity contribution in [2.24, 2.45) is 5.73 Å². The Hall–Kier alpha value is -2.69. The first-order valence-corrected chi connectivity index (χ1v) is 7.66. The predicted octanol–water partition coefficient (Wildman–Crippen LogP) is 3.12. The van der Waals surface area contributed by atoms with Crippen LogP contribution < -0.4 is 20.5 Å². The maximum atomic E-state index is 11.8. The van der Waals surface area contributed by atoms with Crippen molar-refractivity contribution in [3.8, 4) is 11.5 Å². The topological polar surface area (TPSA) is 73.6 Å². The van der Waals surface area contributed by atoms with Gasteiger partial charge in [0.2, 0.25) is 5.91 Å². The van der Waals surface area contributed by atoms with Gasteiger partial charge < -0.3 is 20.5 Å². The number of amides is 1. The number of rotatable bonds is 8. The van der Waals surface area contributed by atoms with E-state index in [1.165, 1.54) is 0 Å². The van der Waals surface area contributed by atoms with Gasteiger partial charge in [-0.25, -0.2) is 0 Å². The summed E-state index contributed by atoms with van der Waals surface area (Å²) in [5.74, 6) is 0.869. The van der Waals surface area contributed by atoms with Gasteiger partial charge in [0.05, 0.1) is 13.2 Å². The summed E-state index contributed by atoms with van der Waals surface area (Å²) in [7, 11) is 0. The Morgan fingerprint density at radius 3 is 2.30 bits per heavy atom. The molecule has 0 radical (unpaired) electrons. The Labute approximate surface area is 136 Å². The molecule has 2 aromatic rings. The number of benzene rings is 2. The first-order chi connectivity index (χ1) is 11.2. The highest BCUT2D eigenvalue weighted by Gasteiger charge is 2.18. The minimum atomic E-state index is -0.608. The van der Waals surface area contributed by atoms with Gasteiger partial charge in [0, 0.05) is 11.8 Å². The maximum absolute atomic E-state index is 11.8. The predicted molar refractivity (Wildman–Crippen MR) is 90.8 cm³/mol. The average Bonchev–Trinajstić information content (AvgIpc) is 2.56. The van der Waals surface area contributed by atoms with E-state index in [4.69, 9.17) is 15.2 Å². The molecular weight excluding hydrogens is 292 g/mol. The van der Waals surface area contributed by atoms with Crippen LogP contribution in [0.1, 0.15) is 25.5 Å². The number of primary amides is 1. The molecular formula is C18H22N2O3. The second-order valence-electron chi connectivity index (χ2n) is 4.92. The molecule has 23 heavy (non-hydrogen) atoms. The molecule has 0 aliphatic carbocycles. The van der Waals surface area contributed by atoms with Gasteiger partial charge in [-0.15, -0.1) is 0 Å². The van der Waals surface area contributed by atoms with Gasteiger partial charge in [-0.1, -0.05) is 30.3 Å². The van der Waals surface area contributed by atoms with E-state index in [0.717, 1.165) is 11.3 Å². The van der Waals surface area contributed by atoms with E-state index in [-0.39, 0.29) is 0 Å². The molecule has 1 amide bonds. The third kappa shape index (κ3) is 4.39. The molecule has 2 rings (SSSR count). The minimum absolute atomic E-state index is 0.442. The molecule has 1 atom stereocenters. The summed E-state index contributed by atoms with van der Waals surface area (Å²) in [5.41, 5.74) is 7.09. The summed E-state index contributed by atoms with van der Waals surface area (Å²) in [6.07, 6.45) is 0. The maximum Gasteiger partial charge on any atom is 0.244 e. The van der Waals surface area contributed by atoms with Gasteiger partial charge in [-0.2, -0.15) is 0 Å². The van der Waals surface area contributed by atoms with E-state index in [9.17, 15) is 4.79 Å². The van der Waals surface area contributed by atoms with Gasteiger partial charge in [0.1, 0.15) is 6.04 Å². The van der Waals surface area contributed by atoms with Crippen LogP contribution in [0.5, 0.6) is 11.5 Å². The molecule has 0 saturated carbocycles. The summed E-state index contributed by atoms with van der Waals surface area (Å²) in [5, 5.41) is 3.15. The SMILES string of the molecule is CCOc1ccc(NC(C(N)=O)c2ccccc2)cc1OCC. The summed E-state index contributed by atoms with van der Waals surface area (Å²) in [4.78, 5) is 11.8. The normalized spacial score (nSPS) is 11.6. The van der Waals surface area contributed by atoms with Gasteiger partial charge in [-0.3, -0.25) is 4.79 Å². The van der Waals surface area contributed by atoms with Crippen LogP contribution in [0.4, 0.5) is 5.69 Å². The Balaban J connectivity index is 2.26. The molecule has 0 heterocycles. The van der Waals surface area contributed by atoms with Crippen LogP contribution in [-0.2, 0) is 4.79 Å². The highest BCUT2D eigenvalue weighted by molar-refractivity contribution is 5.84. The van der Waals surface area contributed by atoms with Crippen LogP contribution in [0.2, 0.25) is 0 Å². The number of carbonyl (C=O) groups excluding carboxylic acids is 1. The van der Waals surface area contributed by atoms with Crippen molar-refractivity contribution in [2.45, 2.75) is 19.9 Å². The fourth-order valence-electron chi connectivity index (χ4n) is 2.27. The van der Waals surface area contributed by atoms with Crippen molar-refractivity contribution in [1.82, 2.24) is 0 Å². The Morgan fingerprint density at radius 1 is 1.04 bits per heavy atom. The molecule has 2 aromatic carbocycles. The third-order valence-electron chi connectivity index (χ3n) is 3.27. The van der Waals surface area contributed by atoms with Crippen LogP contribution in [0.3, 0.4) is 0 Å². The molecule has 0 bridgehead atoms. The number of anilines is 1. The molecule has 0 fully saturated rings. The standard InChI is InChI=1S/C18H22N2O3/c1-3-22-15-11-10-14(12-16(15)23-4-2)20-17(18(19)21)13-8-6-5-7-9-13/h5-12,17,20H,3-4H2,1-2H3,(H2,19,21). The smallest absolute Gasteiger partial charge is 0.244 e. The first kappa shape index (κ1) is 16.7. The van der Waals surface area contributed by atoms with Crippen LogP contribution in [0, 0.1) is 0 Å². The van der Waals surface area contributed by atoms with Crippen molar-refractivity contribution in [3.05, 3.63) is 54.1 Å². The van der Waals surface area contributed by atoms with E-state index < -0.39 is 11.9 Å². The first-order valence-electron chi connectivity index (χ1n) is 7.66. The Morgan fingerprint density at radius 2 is 1.70 bits per heavy atom. The van der Waals surface area contributed by atoms with Gasteiger partial charge >= 0.3 is 0 Å². The molecule has 1 unspecified atom stereocenters. The Kier molecular flexibility index (Phi) is 5.86. The zero-order valence-corrected chi connectivity index (χ0v) is 13.4. The molecule has 0 aromatic heterocycles. The summed E-state index contributed by atoms with van der Waals surface area (Å²) in [6, 6.07) is 14.2. The summed E-state index contributed by atoms with van der Waals surface area (Å²) in [6.45, 7) is 4.91. The average molecular weight is 314 g/mol. The highest BCUT2D eigenvalue weighted by atomic mass is 16.5.